The summed E-state index contributed by atoms with van der Waals surface area (Å²) >= 11 is 0. The summed E-state index contributed by atoms with van der Waals surface area (Å²) in [6.07, 6.45) is 2.08. The van der Waals surface area contributed by atoms with E-state index in [0.717, 1.165) is 12.4 Å². The van der Waals surface area contributed by atoms with E-state index in [9.17, 15) is 0 Å². The van der Waals surface area contributed by atoms with Gasteiger partial charge >= 0.3 is 0 Å². The third-order valence-corrected chi connectivity index (χ3v) is 2.28. The van der Waals surface area contributed by atoms with Crippen molar-refractivity contribution in [3.63, 3.8) is 0 Å². The van der Waals surface area contributed by atoms with Gasteiger partial charge in [0.1, 0.15) is 5.82 Å². The predicted octanol–water partition coefficient (Wildman–Crippen LogP) is 2.58. The van der Waals surface area contributed by atoms with E-state index >= 15 is 0 Å². The highest BCUT2D eigenvalue weighted by atomic mass is 15.1. The molecule has 0 saturated heterocycles. The molecule has 1 N–H and O–H groups in total. The SMILES string of the molecule is CNc1cccn1Cc1ccccc1. The number of hydrogen-bond donors (Lipinski definition) is 1. The first-order valence-electron chi connectivity index (χ1n) is 4.77. The smallest absolute Gasteiger partial charge is 0.105 e. The van der Waals surface area contributed by atoms with Crippen LogP contribution in [0.1, 0.15) is 5.56 Å². The van der Waals surface area contributed by atoms with Crippen LogP contribution in [0.15, 0.2) is 48.7 Å². The zero-order chi connectivity index (χ0) is 9.80. The number of rotatable bonds is 3. The minimum Gasteiger partial charge on any atom is -0.375 e. The maximum Gasteiger partial charge on any atom is 0.105 e. The second-order valence-corrected chi connectivity index (χ2v) is 3.26. The quantitative estimate of drug-likeness (QED) is 0.779. The molecule has 2 aromatic rings. The zero-order valence-electron chi connectivity index (χ0n) is 8.27. The molecule has 1 aromatic carbocycles. The van der Waals surface area contributed by atoms with Gasteiger partial charge in [-0.15, -0.1) is 0 Å². The van der Waals surface area contributed by atoms with E-state index in [2.05, 4.69) is 52.5 Å². The molecule has 0 aliphatic rings. The predicted molar refractivity (Wildman–Crippen MR) is 59.5 cm³/mol. The fourth-order valence-corrected chi connectivity index (χ4v) is 1.56. The molecule has 2 heteroatoms. The Balaban J connectivity index is 2.19. The number of hydrogen-bond acceptors (Lipinski definition) is 1. The molecule has 72 valence electrons. The van der Waals surface area contributed by atoms with E-state index < -0.39 is 0 Å². The van der Waals surface area contributed by atoms with Crippen LogP contribution < -0.4 is 5.32 Å². The van der Waals surface area contributed by atoms with Crippen LogP contribution >= 0.6 is 0 Å². The number of nitrogens with zero attached hydrogens (tertiary/aromatic N) is 1. The van der Waals surface area contributed by atoms with E-state index in [4.69, 9.17) is 0 Å². The topological polar surface area (TPSA) is 17.0 Å². The number of benzene rings is 1. The number of nitrogens with one attached hydrogen (secondary N) is 1. The van der Waals surface area contributed by atoms with E-state index in [1.807, 2.05) is 13.1 Å². The van der Waals surface area contributed by atoms with Crippen molar-refractivity contribution < 1.29 is 0 Å². The maximum absolute atomic E-state index is 3.16. The summed E-state index contributed by atoms with van der Waals surface area (Å²) in [4.78, 5) is 0. The van der Waals surface area contributed by atoms with Crippen molar-refractivity contribution in [2.45, 2.75) is 6.54 Å². The molecular weight excluding hydrogens is 172 g/mol. The standard InChI is InChI=1S/C12H14N2/c1-13-12-8-5-9-14(12)10-11-6-3-2-4-7-11/h2-9,13H,10H2,1H3. The van der Waals surface area contributed by atoms with Gasteiger partial charge in [-0.1, -0.05) is 30.3 Å². The van der Waals surface area contributed by atoms with E-state index in [1.165, 1.54) is 5.56 Å². The van der Waals surface area contributed by atoms with Crippen LogP contribution in [0.5, 0.6) is 0 Å². The average Bonchev–Trinajstić information content (AvgIpc) is 2.67. The molecule has 0 saturated carbocycles. The van der Waals surface area contributed by atoms with Gasteiger partial charge in [-0.2, -0.15) is 0 Å². The first kappa shape index (κ1) is 8.88. The molecule has 2 rings (SSSR count). The lowest BCUT2D eigenvalue weighted by molar-refractivity contribution is 0.813. The third kappa shape index (κ3) is 1.79. The first-order valence-corrected chi connectivity index (χ1v) is 4.77. The lowest BCUT2D eigenvalue weighted by Crippen LogP contribution is -2.02. The molecular formula is C12H14N2. The second-order valence-electron chi connectivity index (χ2n) is 3.26. The summed E-state index contributed by atoms with van der Waals surface area (Å²) in [5.74, 6) is 1.15. The molecule has 0 spiro atoms. The van der Waals surface area contributed by atoms with Crippen LogP contribution in [0.3, 0.4) is 0 Å². The summed E-state index contributed by atoms with van der Waals surface area (Å²) in [6.45, 7) is 0.921. The Morgan fingerprint density at radius 3 is 2.57 bits per heavy atom. The van der Waals surface area contributed by atoms with Crippen molar-refractivity contribution in [1.82, 2.24) is 4.57 Å². The monoisotopic (exact) mass is 186 g/mol. The van der Waals surface area contributed by atoms with Gasteiger partial charge in [0.15, 0.2) is 0 Å². The van der Waals surface area contributed by atoms with Crippen molar-refractivity contribution in [2.24, 2.45) is 0 Å². The molecule has 0 radical (unpaired) electrons. The Labute approximate surface area is 84.2 Å². The second kappa shape index (κ2) is 4.01. The van der Waals surface area contributed by atoms with Gasteiger partial charge < -0.3 is 9.88 Å². The lowest BCUT2D eigenvalue weighted by atomic mass is 10.2. The molecule has 2 nitrogen and oxygen atoms in total. The molecule has 0 fully saturated rings. The van der Waals surface area contributed by atoms with Crippen LogP contribution in [0.4, 0.5) is 5.82 Å². The summed E-state index contributed by atoms with van der Waals surface area (Å²) in [6, 6.07) is 14.6. The summed E-state index contributed by atoms with van der Waals surface area (Å²) in [5.41, 5.74) is 1.32. The summed E-state index contributed by atoms with van der Waals surface area (Å²) in [7, 11) is 1.94. The Hall–Kier alpha value is -1.70. The van der Waals surface area contributed by atoms with Crippen molar-refractivity contribution in [3.05, 3.63) is 54.2 Å². The molecule has 1 heterocycles. The molecule has 0 atom stereocenters. The van der Waals surface area contributed by atoms with Gasteiger partial charge in [-0.25, -0.2) is 0 Å². The molecule has 14 heavy (non-hydrogen) atoms. The molecule has 0 aliphatic heterocycles. The normalized spacial score (nSPS) is 10.1. The van der Waals surface area contributed by atoms with Crippen LogP contribution in [0.25, 0.3) is 0 Å². The van der Waals surface area contributed by atoms with Crippen molar-refractivity contribution in [1.29, 1.82) is 0 Å². The number of aromatic nitrogens is 1. The van der Waals surface area contributed by atoms with Crippen LogP contribution in [0.2, 0.25) is 0 Å². The van der Waals surface area contributed by atoms with E-state index in [1.54, 1.807) is 0 Å². The van der Waals surface area contributed by atoms with Gasteiger partial charge in [0.25, 0.3) is 0 Å². The minimum atomic E-state index is 0.921. The third-order valence-electron chi connectivity index (χ3n) is 2.28. The van der Waals surface area contributed by atoms with Crippen LogP contribution in [-0.4, -0.2) is 11.6 Å². The van der Waals surface area contributed by atoms with Gasteiger partial charge in [0.2, 0.25) is 0 Å². The van der Waals surface area contributed by atoms with Gasteiger partial charge in [0.05, 0.1) is 0 Å². The Morgan fingerprint density at radius 1 is 1.07 bits per heavy atom. The molecule has 0 amide bonds. The van der Waals surface area contributed by atoms with Crippen molar-refractivity contribution in [2.75, 3.05) is 12.4 Å². The first-order chi connectivity index (χ1) is 6.90. The molecule has 0 bridgehead atoms. The highest BCUT2D eigenvalue weighted by molar-refractivity contribution is 5.36. The maximum atomic E-state index is 3.16. The average molecular weight is 186 g/mol. The van der Waals surface area contributed by atoms with Gasteiger partial charge in [0, 0.05) is 19.8 Å². The van der Waals surface area contributed by atoms with E-state index in [0.29, 0.717) is 0 Å². The highest BCUT2D eigenvalue weighted by Gasteiger charge is 1.98. The summed E-state index contributed by atoms with van der Waals surface area (Å²) < 4.78 is 2.19. The van der Waals surface area contributed by atoms with Crippen LogP contribution in [0, 0.1) is 0 Å². The molecule has 0 aliphatic carbocycles. The van der Waals surface area contributed by atoms with Crippen molar-refractivity contribution >= 4 is 5.82 Å². The zero-order valence-corrected chi connectivity index (χ0v) is 8.27. The number of anilines is 1. The van der Waals surface area contributed by atoms with Gasteiger partial charge in [-0.05, 0) is 17.7 Å². The highest BCUT2D eigenvalue weighted by Crippen LogP contribution is 2.11. The van der Waals surface area contributed by atoms with Crippen molar-refractivity contribution in [3.8, 4) is 0 Å². The Kier molecular flexibility index (Phi) is 2.54. The molecule has 1 aromatic heterocycles. The summed E-state index contributed by atoms with van der Waals surface area (Å²) in [5, 5.41) is 3.16. The van der Waals surface area contributed by atoms with E-state index in [-0.39, 0.29) is 0 Å². The Morgan fingerprint density at radius 2 is 1.86 bits per heavy atom. The fourth-order valence-electron chi connectivity index (χ4n) is 1.56. The lowest BCUT2D eigenvalue weighted by Gasteiger charge is -2.08. The van der Waals surface area contributed by atoms with Gasteiger partial charge in [-0.3, -0.25) is 0 Å². The largest absolute Gasteiger partial charge is 0.375 e. The fraction of sp³-hybridized carbons (Fsp3) is 0.167. The molecule has 0 unspecified atom stereocenters. The minimum absolute atomic E-state index is 0.921. The van der Waals surface area contributed by atoms with Crippen LogP contribution in [-0.2, 0) is 6.54 Å². The Bertz CT molecular complexity index is 390.